The third-order valence-electron chi connectivity index (χ3n) is 1.73. The van der Waals surface area contributed by atoms with Crippen molar-refractivity contribution in [2.75, 3.05) is 0 Å². The molecule has 1 rings (SSSR count). The van der Waals surface area contributed by atoms with E-state index in [1.54, 1.807) is 0 Å². The van der Waals surface area contributed by atoms with Crippen LogP contribution in [0.5, 0.6) is 0 Å². The summed E-state index contributed by atoms with van der Waals surface area (Å²) in [4.78, 5) is 2.72. The Hall–Kier alpha value is -0.980. The third kappa shape index (κ3) is 2.78. The molecule has 0 aromatic carbocycles. The highest BCUT2D eigenvalue weighted by Crippen LogP contribution is 2.35. The van der Waals surface area contributed by atoms with E-state index in [1.165, 1.54) is 0 Å². The Balaban J connectivity index is 3.28. The summed E-state index contributed by atoms with van der Waals surface area (Å²) in [6.45, 7) is 0. The van der Waals surface area contributed by atoms with E-state index >= 15 is 0 Å². The van der Waals surface area contributed by atoms with E-state index in [9.17, 15) is 26.3 Å². The van der Waals surface area contributed by atoms with Gasteiger partial charge in [-0.3, -0.25) is 4.98 Å². The molecule has 0 spiro atoms. The molecule has 0 aliphatic rings. The lowest BCUT2D eigenvalue weighted by Crippen LogP contribution is -2.14. The van der Waals surface area contributed by atoms with Crippen LogP contribution in [0.4, 0.5) is 26.3 Å². The number of halogens is 7. The van der Waals surface area contributed by atoms with Gasteiger partial charge in [-0.15, -0.1) is 11.6 Å². The molecule has 0 saturated carbocycles. The number of hydrogen-bond donors (Lipinski definition) is 0. The summed E-state index contributed by atoms with van der Waals surface area (Å²) in [7, 11) is 0. The first-order chi connectivity index (χ1) is 7.16. The predicted molar refractivity (Wildman–Crippen MR) is 43.8 cm³/mol. The highest BCUT2D eigenvalue weighted by molar-refractivity contribution is 6.17. The summed E-state index contributed by atoms with van der Waals surface area (Å²) in [5.74, 6) is -0.666. The molecule has 1 aromatic rings. The van der Waals surface area contributed by atoms with Crippen LogP contribution in [-0.2, 0) is 18.2 Å². The van der Waals surface area contributed by atoms with Crippen molar-refractivity contribution in [2.45, 2.75) is 18.2 Å². The van der Waals surface area contributed by atoms with Crippen LogP contribution < -0.4 is 0 Å². The molecule has 0 unspecified atom stereocenters. The van der Waals surface area contributed by atoms with Crippen molar-refractivity contribution < 1.29 is 26.3 Å². The first-order valence-electron chi connectivity index (χ1n) is 3.85. The normalized spacial score (nSPS) is 12.9. The summed E-state index contributed by atoms with van der Waals surface area (Å²) < 4.78 is 73.3. The summed E-state index contributed by atoms with van der Waals surface area (Å²) in [6.07, 6.45) is -9.41. The molecular weight excluding hydrogens is 260 g/mol. The summed E-state index contributed by atoms with van der Waals surface area (Å²) >= 11 is 5.17. The lowest BCUT2D eigenvalue weighted by molar-refractivity contribution is -0.144. The van der Waals surface area contributed by atoms with Crippen molar-refractivity contribution in [3.05, 3.63) is 29.1 Å². The van der Waals surface area contributed by atoms with Gasteiger partial charge in [0.1, 0.15) is 5.69 Å². The van der Waals surface area contributed by atoms with Gasteiger partial charge in [-0.05, 0) is 11.6 Å². The maximum Gasteiger partial charge on any atom is 0.433 e. The minimum atomic E-state index is -4.79. The van der Waals surface area contributed by atoms with E-state index in [1.807, 2.05) is 0 Å². The molecule has 16 heavy (non-hydrogen) atoms. The number of nitrogens with zero attached hydrogens (tertiary/aromatic N) is 1. The van der Waals surface area contributed by atoms with Crippen LogP contribution in [0, 0.1) is 0 Å². The number of hydrogen-bond acceptors (Lipinski definition) is 1. The van der Waals surface area contributed by atoms with Crippen molar-refractivity contribution in [1.82, 2.24) is 4.98 Å². The standard InChI is InChI=1S/C8H4ClF6N/c9-2-4-1-6(8(13,14)15)16-3-5(4)7(10,11)12/h1,3H,2H2. The molecule has 0 amide bonds. The fourth-order valence-electron chi connectivity index (χ4n) is 1.02. The lowest BCUT2D eigenvalue weighted by Gasteiger charge is -2.13. The second-order valence-electron chi connectivity index (χ2n) is 2.86. The van der Waals surface area contributed by atoms with Crippen LogP contribution in [0.25, 0.3) is 0 Å². The number of aromatic nitrogens is 1. The minimum Gasteiger partial charge on any atom is -0.251 e. The van der Waals surface area contributed by atoms with Crippen molar-refractivity contribution in [3.8, 4) is 0 Å². The van der Waals surface area contributed by atoms with Gasteiger partial charge >= 0.3 is 12.4 Å². The Labute approximate surface area is 91.0 Å². The maximum absolute atomic E-state index is 12.3. The molecule has 90 valence electrons. The van der Waals surface area contributed by atoms with Gasteiger partial charge in [0.15, 0.2) is 0 Å². The van der Waals surface area contributed by atoms with Gasteiger partial charge < -0.3 is 0 Å². The van der Waals surface area contributed by atoms with Crippen molar-refractivity contribution in [1.29, 1.82) is 0 Å². The number of pyridine rings is 1. The van der Waals surface area contributed by atoms with E-state index in [2.05, 4.69) is 4.98 Å². The molecule has 1 aromatic heterocycles. The highest BCUT2D eigenvalue weighted by Gasteiger charge is 2.37. The second-order valence-corrected chi connectivity index (χ2v) is 3.12. The van der Waals surface area contributed by atoms with Crippen LogP contribution in [0.1, 0.15) is 16.8 Å². The molecule has 0 bridgehead atoms. The Morgan fingerprint density at radius 2 is 1.62 bits per heavy atom. The number of alkyl halides is 7. The molecular formula is C8H4ClF6N. The first-order valence-corrected chi connectivity index (χ1v) is 4.39. The van der Waals surface area contributed by atoms with Gasteiger partial charge in [-0.1, -0.05) is 0 Å². The molecule has 0 fully saturated rings. The first kappa shape index (κ1) is 13.1. The van der Waals surface area contributed by atoms with Crippen LogP contribution >= 0.6 is 11.6 Å². The molecule has 0 aliphatic carbocycles. The van der Waals surface area contributed by atoms with Gasteiger partial charge in [0, 0.05) is 12.1 Å². The van der Waals surface area contributed by atoms with Crippen LogP contribution in [0.2, 0.25) is 0 Å². The van der Waals surface area contributed by atoms with E-state index < -0.39 is 35.1 Å². The molecule has 0 radical (unpaired) electrons. The number of rotatable bonds is 1. The van der Waals surface area contributed by atoms with Gasteiger partial charge in [-0.2, -0.15) is 26.3 Å². The largest absolute Gasteiger partial charge is 0.433 e. The summed E-state index contributed by atoms with van der Waals surface area (Å²) in [5, 5.41) is 0. The minimum absolute atomic E-state index is 0.139. The fraction of sp³-hybridized carbons (Fsp3) is 0.375. The Kier molecular flexibility index (Phi) is 3.37. The Bertz CT molecular complexity index is 383. The van der Waals surface area contributed by atoms with E-state index in [-0.39, 0.29) is 6.20 Å². The van der Waals surface area contributed by atoms with Gasteiger partial charge in [-0.25, -0.2) is 0 Å². The van der Waals surface area contributed by atoms with Crippen LogP contribution in [0.15, 0.2) is 12.3 Å². The average molecular weight is 264 g/mol. The Morgan fingerprint density at radius 1 is 1.06 bits per heavy atom. The van der Waals surface area contributed by atoms with E-state index in [4.69, 9.17) is 11.6 Å². The van der Waals surface area contributed by atoms with Crippen molar-refractivity contribution in [3.63, 3.8) is 0 Å². The lowest BCUT2D eigenvalue weighted by atomic mass is 10.1. The molecule has 1 heterocycles. The Morgan fingerprint density at radius 3 is 2.00 bits per heavy atom. The molecule has 1 nitrogen and oxygen atoms in total. The van der Waals surface area contributed by atoms with Crippen LogP contribution in [0.3, 0.4) is 0 Å². The molecule has 0 N–H and O–H groups in total. The zero-order chi connectivity index (χ0) is 12.6. The predicted octanol–water partition coefficient (Wildman–Crippen LogP) is 3.86. The molecule has 0 saturated heterocycles. The third-order valence-corrected chi connectivity index (χ3v) is 2.02. The van der Waals surface area contributed by atoms with Gasteiger partial charge in [0.05, 0.1) is 5.56 Å². The quantitative estimate of drug-likeness (QED) is 0.554. The highest BCUT2D eigenvalue weighted by atomic mass is 35.5. The fourth-order valence-corrected chi connectivity index (χ4v) is 1.24. The topological polar surface area (TPSA) is 12.9 Å². The second kappa shape index (κ2) is 4.12. The monoisotopic (exact) mass is 263 g/mol. The van der Waals surface area contributed by atoms with E-state index in [0.717, 1.165) is 0 Å². The van der Waals surface area contributed by atoms with Gasteiger partial charge in [0.25, 0.3) is 0 Å². The van der Waals surface area contributed by atoms with Crippen molar-refractivity contribution >= 4 is 11.6 Å². The molecule has 0 atom stereocenters. The van der Waals surface area contributed by atoms with Gasteiger partial charge in [0.2, 0.25) is 0 Å². The summed E-state index contributed by atoms with van der Waals surface area (Å²) in [6, 6.07) is 0.301. The SMILES string of the molecule is FC(F)(F)c1cc(CCl)c(C(F)(F)F)cn1. The zero-order valence-electron chi connectivity index (χ0n) is 7.45. The summed E-state index contributed by atoms with van der Waals surface area (Å²) in [5.41, 5.74) is -3.29. The zero-order valence-corrected chi connectivity index (χ0v) is 8.21. The smallest absolute Gasteiger partial charge is 0.251 e. The molecule has 8 heteroatoms. The van der Waals surface area contributed by atoms with E-state index in [0.29, 0.717) is 6.07 Å². The maximum atomic E-state index is 12.3. The average Bonchev–Trinajstić information content (AvgIpc) is 2.14. The van der Waals surface area contributed by atoms with Crippen LogP contribution in [-0.4, -0.2) is 4.98 Å². The molecule has 0 aliphatic heterocycles. The van der Waals surface area contributed by atoms with Crippen molar-refractivity contribution in [2.24, 2.45) is 0 Å².